The first kappa shape index (κ1) is 21.3. The number of anilines is 1. The average Bonchev–Trinajstić information content (AvgIpc) is 3.23. The van der Waals surface area contributed by atoms with Gasteiger partial charge < -0.3 is 5.32 Å². The summed E-state index contributed by atoms with van der Waals surface area (Å²) in [5.74, 6) is -0.888. The third kappa shape index (κ3) is 4.41. The van der Waals surface area contributed by atoms with Gasteiger partial charge in [0.2, 0.25) is 5.91 Å². The number of thiophene rings is 1. The molecule has 0 aliphatic heterocycles. The first-order valence-electron chi connectivity index (χ1n) is 9.03. The van der Waals surface area contributed by atoms with Crippen molar-refractivity contribution in [1.29, 1.82) is 0 Å². The van der Waals surface area contributed by atoms with E-state index in [0.717, 1.165) is 4.57 Å². The summed E-state index contributed by atoms with van der Waals surface area (Å²) in [5, 5.41) is 4.98. The highest BCUT2D eigenvalue weighted by atomic mass is 35.5. The lowest BCUT2D eigenvalue weighted by molar-refractivity contribution is -0.116. The average molecular weight is 478 g/mol. The molecule has 0 bridgehead atoms. The second-order valence-corrected chi connectivity index (χ2v) is 8.43. The summed E-state index contributed by atoms with van der Waals surface area (Å²) in [4.78, 5) is 38.6. The van der Waals surface area contributed by atoms with Gasteiger partial charge in [0, 0.05) is 5.69 Å². The molecule has 1 N–H and O–H groups in total. The third-order valence-electron chi connectivity index (χ3n) is 4.60. The van der Waals surface area contributed by atoms with Crippen molar-refractivity contribution in [1.82, 2.24) is 9.13 Å². The summed E-state index contributed by atoms with van der Waals surface area (Å²) >= 11 is 13.0. The smallest absolute Gasteiger partial charge is 0.324 e. The number of hydrogen-bond acceptors (Lipinski definition) is 4. The van der Waals surface area contributed by atoms with Crippen LogP contribution in [0.3, 0.4) is 0 Å². The van der Waals surface area contributed by atoms with Gasteiger partial charge in [0.05, 0.1) is 22.1 Å². The molecule has 31 heavy (non-hydrogen) atoms. The van der Waals surface area contributed by atoms with E-state index in [4.69, 9.17) is 23.2 Å². The Morgan fingerprint density at radius 3 is 2.45 bits per heavy atom. The molecule has 0 fully saturated rings. The van der Waals surface area contributed by atoms with Crippen molar-refractivity contribution in [2.75, 3.05) is 5.32 Å². The zero-order valence-electron chi connectivity index (χ0n) is 15.8. The molecule has 4 rings (SSSR count). The number of benzene rings is 2. The van der Waals surface area contributed by atoms with Gasteiger partial charge in [0.25, 0.3) is 5.56 Å². The summed E-state index contributed by atoms with van der Waals surface area (Å²) in [6.07, 6.45) is 0. The number of amides is 1. The number of rotatable bonds is 5. The first-order chi connectivity index (χ1) is 14.8. The lowest BCUT2D eigenvalue weighted by Gasteiger charge is -2.13. The van der Waals surface area contributed by atoms with Gasteiger partial charge in [-0.25, -0.2) is 9.18 Å². The molecule has 6 nitrogen and oxygen atoms in total. The van der Waals surface area contributed by atoms with Crippen molar-refractivity contribution >= 4 is 56.3 Å². The minimum atomic E-state index is -0.635. The molecule has 2 heterocycles. The second kappa shape index (κ2) is 8.66. The van der Waals surface area contributed by atoms with Gasteiger partial charge >= 0.3 is 5.69 Å². The van der Waals surface area contributed by atoms with Crippen LogP contribution in [-0.4, -0.2) is 15.0 Å². The Hall–Kier alpha value is -2.94. The fourth-order valence-corrected chi connectivity index (χ4v) is 4.26. The summed E-state index contributed by atoms with van der Waals surface area (Å²) in [5.41, 5.74) is 0.293. The number of carbonyl (C=O) groups excluding carboxylic acids is 1. The molecule has 0 aliphatic rings. The van der Waals surface area contributed by atoms with E-state index in [1.807, 2.05) is 0 Å². The molecule has 0 radical (unpaired) electrons. The van der Waals surface area contributed by atoms with E-state index >= 15 is 0 Å². The molecule has 158 valence electrons. The van der Waals surface area contributed by atoms with Crippen LogP contribution < -0.4 is 16.6 Å². The predicted molar refractivity (Wildman–Crippen MR) is 121 cm³/mol. The fourth-order valence-electron chi connectivity index (χ4n) is 3.12. The molecular formula is C21H14Cl2FN3O3S. The predicted octanol–water partition coefficient (Wildman–Crippen LogP) is 4.36. The SMILES string of the molecule is O=C(Cn1c(=O)n(Cc2ccc(F)cc2)c(=O)c2sccc21)Nc1ccc(Cl)c(Cl)c1. The van der Waals surface area contributed by atoms with Gasteiger partial charge in [0.1, 0.15) is 17.1 Å². The standard InChI is InChI=1S/C21H14Cl2FN3O3S/c22-15-6-5-14(9-16(15)23)25-18(28)11-26-17-7-8-31-19(17)20(29)27(21(26)30)10-12-1-3-13(24)4-2-12/h1-9H,10-11H2,(H,25,28). The Morgan fingerprint density at radius 2 is 1.74 bits per heavy atom. The number of nitrogens with zero attached hydrogens (tertiary/aromatic N) is 2. The maximum absolute atomic E-state index is 13.2. The Kier molecular flexibility index (Phi) is 5.95. The highest BCUT2D eigenvalue weighted by molar-refractivity contribution is 7.17. The number of nitrogens with one attached hydrogen (secondary N) is 1. The quantitative estimate of drug-likeness (QED) is 0.464. The molecule has 0 aliphatic carbocycles. The maximum Gasteiger partial charge on any atom is 0.332 e. The van der Waals surface area contributed by atoms with E-state index < -0.39 is 23.0 Å². The van der Waals surface area contributed by atoms with Crippen LogP contribution in [0, 0.1) is 5.82 Å². The van der Waals surface area contributed by atoms with Crippen molar-refractivity contribution in [3.8, 4) is 0 Å². The summed E-state index contributed by atoms with van der Waals surface area (Å²) in [6.45, 7) is -0.351. The third-order valence-corrected chi connectivity index (χ3v) is 6.23. The molecule has 2 aromatic heterocycles. The Morgan fingerprint density at radius 1 is 1.00 bits per heavy atom. The zero-order valence-corrected chi connectivity index (χ0v) is 18.1. The zero-order chi connectivity index (χ0) is 22.1. The van der Waals surface area contributed by atoms with Crippen molar-refractivity contribution in [3.05, 3.63) is 96.2 Å². The normalized spacial score (nSPS) is 11.1. The van der Waals surface area contributed by atoms with Gasteiger partial charge in [-0.3, -0.25) is 18.7 Å². The number of aromatic nitrogens is 2. The second-order valence-electron chi connectivity index (χ2n) is 6.70. The molecular weight excluding hydrogens is 464 g/mol. The molecule has 0 spiro atoms. The molecule has 0 saturated heterocycles. The minimum Gasteiger partial charge on any atom is -0.324 e. The molecule has 4 aromatic rings. The van der Waals surface area contributed by atoms with Crippen LogP contribution in [0.15, 0.2) is 63.5 Å². The van der Waals surface area contributed by atoms with Crippen LogP contribution in [0.2, 0.25) is 10.0 Å². The van der Waals surface area contributed by atoms with Gasteiger partial charge in [-0.1, -0.05) is 35.3 Å². The highest BCUT2D eigenvalue weighted by Crippen LogP contribution is 2.25. The van der Waals surface area contributed by atoms with Crippen molar-refractivity contribution in [3.63, 3.8) is 0 Å². The minimum absolute atomic E-state index is 0.0415. The highest BCUT2D eigenvalue weighted by Gasteiger charge is 2.17. The van der Waals surface area contributed by atoms with Crippen molar-refractivity contribution < 1.29 is 9.18 Å². The van der Waals surface area contributed by atoms with Crippen molar-refractivity contribution in [2.24, 2.45) is 0 Å². The fraction of sp³-hybridized carbons (Fsp3) is 0.0952. The van der Waals surface area contributed by atoms with Gasteiger partial charge in [-0.2, -0.15) is 0 Å². The van der Waals surface area contributed by atoms with Gasteiger partial charge in [-0.05, 0) is 47.3 Å². The summed E-state index contributed by atoms with van der Waals surface area (Å²) in [6, 6.07) is 11.8. The van der Waals surface area contributed by atoms with Gasteiger partial charge in [-0.15, -0.1) is 11.3 Å². The monoisotopic (exact) mass is 477 g/mol. The van der Waals surface area contributed by atoms with Crippen LogP contribution in [0.5, 0.6) is 0 Å². The molecule has 0 saturated carbocycles. The summed E-state index contributed by atoms with van der Waals surface area (Å²) in [7, 11) is 0. The van der Waals surface area contributed by atoms with Crippen LogP contribution in [0.4, 0.5) is 10.1 Å². The topological polar surface area (TPSA) is 73.1 Å². The number of hydrogen-bond donors (Lipinski definition) is 1. The Labute approximate surface area is 189 Å². The van der Waals surface area contributed by atoms with Crippen LogP contribution in [-0.2, 0) is 17.9 Å². The molecule has 2 aromatic carbocycles. The number of carbonyl (C=O) groups is 1. The number of halogens is 3. The lowest BCUT2D eigenvalue weighted by atomic mass is 10.2. The lowest BCUT2D eigenvalue weighted by Crippen LogP contribution is -2.41. The molecule has 1 amide bonds. The van der Waals surface area contributed by atoms with Crippen LogP contribution >= 0.6 is 34.5 Å². The Bertz CT molecular complexity index is 1410. The van der Waals surface area contributed by atoms with E-state index in [1.165, 1.54) is 46.2 Å². The van der Waals surface area contributed by atoms with E-state index in [0.29, 0.717) is 26.5 Å². The van der Waals surface area contributed by atoms with E-state index in [9.17, 15) is 18.8 Å². The van der Waals surface area contributed by atoms with E-state index in [1.54, 1.807) is 23.6 Å². The first-order valence-corrected chi connectivity index (χ1v) is 10.7. The van der Waals surface area contributed by atoms with Gasteiger partial charge in [0.15, 0.2) is 0 Å². The van der Waals surface area contributed by atoms with Crippen LogP contribution in [0.1, 0.15) is 5.56 Å². The van der Waals surface area contributed by atoms with Crippen LogP contribution in [0.25, 0.3) is 10.2 Å². The number of fused-ring (bicyclic) bond motifs is 1. The van der Waals surface area contributed by atoms with Crippen molar-refractivity contribution in [2.45, 2.75) is 13.1 Å². The van der Waals surface area contributed by atoms with E-state index in [-0.39, 0.29) is 18.1 Å². The Balaban J connectivity index is 1.69. The molecule has 10 heteroatoms. The summed E-state index contributed by atoms with van der Waals surface area (Å²) < 4.78 is 15.8. The molecule has 0 unspecified atom stereocenters. The van der Waals surface area contributed by atoms with E-state index in [2.05, 4.69) is 5.32 Å². The molecule has 0 atom stereocenters. The largest absolute Gasteiger partial charge is 0.332 e. The maximum atomic E-state index is 13.2.